The lowest BCUT2D eigenvalue weighted by Gasteiger charge is -2.16. The van der Waals surface area contributed by atoms with Gasteiger partial charge in [-0.15, -0.1) is 0 Å². The fourth-order valence-corrected chi connectivity index (χ4v) is 3.56. The minimum absolute atomic E-state index is 0.414. The first-order valence-electron chi connectivity index (χ1n) is 9.28. The number of hydrogen-bond donors (Lipinski definition) is 1. The van der Waals surface area contributed by atoms with Gasteiger partial charge in [-0.1, -0.05) is 64.6 Å². The monoisotopic (exact) mass is 449 g/mol. The minimum atomic E-state index is 0.414. The van der Waals surface area contributed by atoms with Crippen LogP contribution in [0.2, 0.25) is 15.1 Å². The number of nitrogens with one attached hydrogen (secondary N) is 1. The Morgan fingerprint density at radius 2 is 1.69 bits per heavy atom. The van der Waals surface area contributed by atoms with Crippen LogP contribution in [0.25, 0.3) is 0 Å². The molecule has 29 heavy (non-hydrogen) atoms. The van der Waals surface area contributed by atoms with E-state index in [1.807, 2.05) is 31.2 Å². The smallest absolute Gasteiger partial charge is 0.180 e. The minimum Gasteiger partial charge on any atom is -0.490 e. The number of rotatable bonds is 8. The van der Waals surface area contributed by atoms with Gasteiger partial charge in [0.05, 0.1) is 22.3 Å². The summed E-state index contributed by atoms with van der Waals surface area (Å²) >= 11 is 18.8. The summed E-state index contributed by atoms with van der Waals surface area (Å²) in [6.07, 6.45) is 0. The van der Waals surface area contributed by atoms with Crippen molar-refractivity contribution in [2.24, 2.45) is 0 Å². The Morgan fingerprint density at radius 1 is 0.862 bits per heavy atom. The number of aryl methyl sites for hydroxylation is 1. The molecule has 0 unspecified atom stereocenters. The third-order valence-corrected chi connectivity index (χ3v) is 5.09. The average Bonchev–Trinajstić information content (AvgIpc) is 2.68. The van der Waals surface area contributed by atoms with Crippen LogP contribution in [-0.2, 0) is 13.2 Å². The topological polar surface area (TPSA) is 30.5 Å². The summed E-state index contributed by atoms with van der Waals surface area (Å²) in [4.78, 5) is 0. The molecule has 0 saturated carbocycles. The van der Waals surface area contributed by atoms with Crippen LogP contribution in [0, 0.1) is 6.92 Å². The third-order valence-electron chi connectivity index (χ3n) is 4.25. The Bertz CT molecular complexity index is 992. The molecule has 152 valence electrons. The number of hydrogen-bond acceptors (Lipinski definition) is 3. The summed E-state index contributed by atoms with van der Waals surface area (Å²) in [5.41, 5.74) is 3.96. The summed E-state index contributed by atoms with van der Waals surface area (Å²) < 4.78 is 11.8. The molecule has 0 saturated heterocycles. The van der Waals surface area contributed by atoms with Gasteiger partial charge < -0.3 is 14.8 Å². The van der Waals surface area contributed by atoms with Crippen LogP contribution in [-0.4, -0.2) is 6.61 Å². The molecule has 0 aliphatic rings. The molecular formula is C23H22Cl3NO2. The van der Waals surface area contributed by atoms with Gasteiger partial charge in [0.25, 0.3) is 0 Å². The highest BCUT2D eigenvalue weighted by Crippen LogP contribution is 2.37. The molecule has 0 spiro atoms. The van der Waals surface area contributed by atoms with Crippen molar-refractivity contribution in [3.63, 3.8) is 0 Å². The molecule has 0 fully saturated rings. The molecule has 0 aliphatic heterocycles. The maximum Gasteiger partial charge on any atom is 0.180 e. The lowest BCUT2D eigenvalue weighted by Crippen LogP contribution is -2.04. The van der Waals surface area contributed by atoms with E-state index in [9.17, 15) is 0 Å². The van der Waals surface area contributed by atoms with E-state index in [0.29, 0.717) is 46.3 Å². The molecule has 0 amide bonds. The van der Waals surface area contributed by atoms with Gasteiger partial charge in [0.1, 0.15) is 6.61 Å². The lowest BCUT2D eigenvalue weighted by atomic mass is 10.1. The molecule has 3 nitrogen and oxygen atoms in total. The summed E-state index contributed by atoms with van der Waals surface area (Å²) in [6.45, 7) is 5.41. The molecule has 0 aromatic heterocycles. The van der Waals surface area contributed by atoms with Crippen molar-refractivity contribution in [1.82, 2.24) is 0 Å². The van der Waals surface area contributed by atoms with E-state index in [1.165, 1.54) is 5.56 Å². The maximum absolute atomic E-state index is 6.53. The van der Waals surface area contributed by atoms with E-state index >= 15 is 0 Å². The second-order valence-electron chi connectivity index (χ2n) is 6.59. The SMILES string of the molecule is CCOc1cc(CNc2cc(Cl)ccc2Cl)cc(Cl)c1OCc1cccc(C)c1. The van der Waals surface area contributed by atoms with Crippen molar-refractivity contribution in [1.29, 1.82) is 0 Å². The Kier molecular flexibility index (Phi) is 7.54. The second-order valence-corrected chi connectivity index (χ2v) is 7.84. The molecule has 0 heterocycles. The van der Waals surface area contributed by atoms with Crippen molar-refractivity contribution in [2.75, 3.05) is 11.9 Å². The Labute approximate surface area is 186 Å². The zero-order chi connectivity index (χ0) is 20.8. The second kappa shape index (κ2) is 10.1. The van der Waals surface area contributed by atoms with Gasteiger partial charge >= 0.3 is 0 Å². The predicted octanol–water partition coefficient (Wildman–Crippen LogP) is 7.55. The number of anilines is 1. The summed E-state index contributed by atoms with van der Waals surface area (Å²) in [6, 6.07) is 17.2. The zero-order valence-electron chi connectivity index (χ0n) is 16.3. The first kappa shape index (κ1) is 21.6. The molecular weight excluding hydrogens is 429 g/mol. The maximum atomic E-state index is 6.53. The van der Waals surface area contributed by atoms with E-state index in [1.54, 1.807) is 18.2 Å². The van der Waals surface area contributed by atoms with Crippen molar-refractivity contribution in [3.8, 4) is 11.5 Å². The largest absolute Gasteiger partial charge is 0.490 e. The Hall–Kier alpha value is -2.07. The number of ether oxygens (including phenoxy) is 2. The van der Waals surface area contributed by atoms with Gasteiger partial charge in [0, 0.05) is 11.6 Å². The van der Waals surface area contributed by atoms with E-state index in [4.69, 9.17) is 44.3 Å². The molecule has 0 radical (unpaired) electrons. The summed E-state index contributed by atoms with van der Waals surface area (Å²) in [5.74, 6) is 1.15. The molecule has 3 rings (SSSR count). The fraction of sp³-hybridized carbons (Fsp3) is 0.217. The van der Waals surface area contributed by atoms with Crippen molar-refractivity contribution >= 4 is 40.5 Å². The number of halogens is 3. The Morgan fingerprint density at radius 3 is 2.45 bits per heavy atom. The molecule has 0 atom stereocenters. The van der Waals surface area contributed by atoms with E-state index in [2.05, 4.69) is 24.4 Å². The first-order chi connectivity index (χ1) is 14.0. The summed E-state index contributed by atoms with van der Waals surface area (Å²) in [7, 11) is 0. The molecule has 3 aromatic rings. The standard InChI is InChI=1S/C23H22Cl3NO2/c1-3-28-22-11-17(13-27-21-12-18(24)7-8-19(21)25)10-20(26)23(22)29-14-16-6-4-5-15(2)9-16/h4-12,27H,3,13-14H2,1-2H3. The van der Waals surface area contributed by atoms with Gasteiger partial charge in [-0.05, 0) is 55.3 Å². The molecule has 0 aliphatic carbocycles. The molecule has 1 N–H and O–H groups in total. The van der Waals surface area contributed by atoms with Crippen LogP contribution in [0.3, 0.4) is 0 Å². The number of benzene rings is 3. The van der Waals surface area contributed by atoms with Crippen LogP contribution in [0.1, 0.15) is 23.6 Å². The van der Waals surface area contributed by atoms with E-state index in [0.717, 1.165) is 16.8 Å². The summed E-state index contributed by atoms with van der Waals surface area (Å²) in [5, 5.41) is 4.99. The highest BCUT2D eigenvalue weighted by atomic mass is 35.5. The highest BCUT2D eigenvalue weighted by Gasteiger charge is 2.13. The normalized spacial score (nSPS) is 10.7. The third kappa shape index (κ3) is 5.96. The van der Waals surface area contributed by atoms with E-state index < -0.39 is 0 Å². The zero-order valence-corrected chi connectivity index (χ0v) is 18.5. The van der Waals surface area contributed by atoms with Gasteiger partial charge in [0.2, 0.25) is 0 Å². The highest BCUT2D eigenvalue weighted by molar-refractivity contribution is 6.35. The first-order valence-corrected chi connectivity index (χ1v) is 10.4. The van der Waals surface area contributed by atoms with Crippen LogP contribution < -0.4 is 14.8 Å². The van der Waals surface area contributed by atoms with Gasteiger partial charge in [-0.3, -0.25) is 0 Å². The van der Waals surface area contributed by atoms with Crippen molar-refractivity contribution in [3.05, 3.63) is 86.4 Å². The van der Waals surface area contributed by atoms with Gasteiger partial charge in [-0.25, -0.2) is 0 Å². The van der Waals surface area contributed by atoms with Crippen molar-refractivity contribution in [2.45, 2.75) is 27.0 Å². The van der Waals surface area contributed by atoms with Crippen LogP contribution in [0.5, 0.6) is 11.5 Å². The molecule has 0 bridgehead atoms. The van der Waals surface area contributed by atoms with Crippen LogP contribution in [0.4, 0.5) is 5.69 Å². The van der Waals surface area contributed by atoms with Crippen LogP contribution >= 0.6 is 34.8 Å². The fourth-order valence-electron chi connectivity index (χ4n) is 2.91. The molecule has 6 heteroatoms. The average molecular weight is 451 g/mol. The quantitative estimate of drug-likeness (QED) is 0.384. The predicted molar refractivity (Wildman–Crippen MR) is 122 cm³/mol. The van der Waals surface area contributed by atoms with Gasteiger partial charge in [-0.2, -0.15) is 0 Å². The lowest BCUT2D eigenvalue weighted by molar-refractivity contribution is 0.269. The van der Waals surface area contributed by atoms with E-state index in [-0.39, 0.29) is 0 Å². The van der Waals surface area contributed by atoms with Crippen molar-refractivity contribution < 1.29 is 9.47 Å². The Balaban J connectivity index is 1.77. The molecule has 3 aromatic carbocycles. The van der Waals surface area contributed by atoms with Gasteiger partial charge in [0.15, 0.2) is 11.5 Å². The van der Waals surface area contributed by atoms with Crippen LogP contribution in [0.15, 0.2) is 54.6 Å².